The Morgan fingerprint density at radius 3 is 2.20 bits per heavy atom. The van der Waals surface area contributed by atoms with E-state index in [0.29, 0.717) is 6.10 Å². The molecule has 25 heavy (non-hydrogen) atoms. The Morgan fingerprint density at radius 2 is 1.60 bits per heavy atom. The first-order valence-electron chi connectivity index (χ1n) is 8.80. The Morgan fingerprint density at radius 1 is 1.00 bits per heavy atom. The van der Waals surface area contributed by atoms with E-state index in [0.717, 1.165) is 29.7 Å². The van der Waals surface area contributed by atoms with E-state index in [-0.39, 0.29) is 10.9 Å². The zero-order valence-corrected chi connectivity index (χ0v) is 15.6. The molecule has 5 heteroatoms. The van der Waals surface area contributed by atoms with E-state index in [1.54, 1.807) is 24.3 Å². The minimum atomic E-state index is -3.53. The van der Waals surface area contributed by atoms with Gasteiger partial charge in [-0.15, -0.1) is 0 Å². The van der Waals surface area contributed by atoms with Crippen LogP contribution in [0.5, 0.6) is 5.75 Å². The number of sulfonamides is 1. The molecule has 1 unspecified atom stereocenters. The highest BCUT2D eigenvalue weighted by molar-refractivity contribution is 7.89. The molecule has 0 amide bonds. The maximum atomic E-state index is 12.5. The number of rotatable bonds is 6. The lowest BCUT2D eigenvalue weighted by atomic mass is 10.1. The van der Waals surface area contributed by atoms with Gasteiger partial charge < -0.3 is 4.74 Å². The number of ether oxygens (including phenoxy) is 1. The van der Waals surface area contributed by atoms with Gasteiger partial charge in [0.2, 0.25) is 10.0 Å². The minimum absolute atomic E-state index is 0.283. The standard InChI is InChI=1S/C20H25NO3S/c1-15-7-13-20(14-8-15)25(22,23)21-16(2)17-9-11-19(12-10-17)24-18-5-3-4-6-18/h7-14,16,18,21H,3-6H2,1-2H3. The lowest BCUT2D eigenvalue weighted by molar-refractivity contribution is 0.210. The number of hydrogen-bond donors (Lipinski definition) is 1. The molecule has 0 aliphatic heterocycles. The first kappa shape index (κ1) is 18.0. The van der Waals surface area contributed by atoms with E-state index in [4.69, 9.17) is 4.74 Å². The largest absolute Gasteiger partial charge is 0.490 e. The molecule has 0 saturated heterocycles. The van der Waals surface area contributed by atoms with Crippen LogP contribution in [0.2, 0.25) is 0 Å². The van der Waals surface area contributed by atoms with E-state index in [2.05, 4.69) is 4.72 Å². The summed E-state index contributed by atoms with van der Waals surface area (Å²) >= 11 is 0. The number of aryl methyl sites for hydroxylation is 1. The molecule has 3 rings (SSSR count). The van der Waals surface area contributed by atoms with E-state index < -0.39 is 10.0 Å². The SMILES string of the molecule is Cc1ccc(S(=O)(=O)NC(C)c2ccc(OC3CCCC3)cc2)cc1. The molecule has 2 aromatic rings. The quantitative estimate of drug-likeness (QED) is 0.834. The fourth-order valence-electron chi connectivity index (χ4n) is 3.12. The van der Waals surface area contributed by atoms with Gasteiger partial charge in [-0.3, -0.25) is 0 Å². The Hall–Kier alpha value is -1.85. The first-order chi connectivity index (χ1) is 11.9. The van der Waals surface area contributed by atoms with E-state index in [9.17, 15) is 8.42 Å². The summed E-state index contributed by atoms with van der Waals surface area (Å²) < 4.78 is 33.7. The molecule has 2 aromatic carbocycles. The second kappa shape index (κ2) is 7.58. The molecule has 1 atom stereocenters. The average Bonchev–Trinajstić information content (AvgIpc) is 3.08. The Balaban J connectivity index is 1.65. The van der Waals surface area contributed by atoms with Crippen molar-refractivity contribution in [3.63, 3.8) is 0 Å². The van der Waals surface area contributed by atoms with Gasteiger partial charge in [-0.25, -0.2) is 13.1 Å². The van der Waals surface area contributed by atoms with Crippen LogP contribution in [0.3, 0.4) is 0 Å². The zero-order valence-electron chi connectivity index (χ0n) is 14.7. The average molecular weight is 359 g/mol. The maximum Gasteiger partial charge on any atom is 0.241 e. The van der Waals surface area contributed by atoms with E-state index >= 15 is 0 Å². The molecule has 4 nitrogen and oxygen atoms in total. The third kappa shape index (κ3) is 4.61. The molecule has 0 spiro atoms. The van der Waals surface area contributed by atoms with Crippen molar-refractivity contribution in [3.05, 3.63) is 59.7 Å². The van der Waals surface area contributed by atoms with Crippen LogP contribution >= 0.6 is 0 Å². The molecule has 0 bridgehead atoms. The summed E-state index contributed by atoms with van der Waals surface area (Å²) in [6, 6.07) is 14.2. The fourth-order valence-corrected chi connectivity index (χ4v) is 4.35. The van der Waals surface area contributed by atoms with Crippen LogP contribution in [0.15, 0.2) is 53.4 Å². The molecule has 1 saturated carbocycles. The van der Waals surface area contributed by atoms with Crippen molar-refractivity contribution in [2.24, 2.45) is 0 Å². The number of hydrogen-bond acceptors (Lipinski definition) is 3. The Kier molecular flexibility index (Phi) is 5.45. The molecule has 1 aliphatic rings. The molecule has 0 radical (unpaired) electrons. The van der Waals surface area contributed by atoms with Gasteiger partial charge >= 0.3 is 0 Å². The Labute approximate surface area is 150 Å². The first-order valence-corrected chi connectivity index (χ1v) is 10.3. The van der Waals surface area contributed by atoms with Crippen LogP contribution in [-0.4, -0.2) is 14.5 Å². The van der Waals surface area contributed by atoms with Crippen LogP contribution in [-0.2, 0) is 10.0 Å². The molecular formula is C20H25NO3S. The van der Waals surface area contributed by atoms with Crippen LogP contribution in [0.25, 0.3) is 0 Å². The Bertz CT molecular complexity index is 792. The van der Waals surface area contributed by atoms with Gasteiger partial charge in [-0.05, 0) is 69.4 Å². The summed E-state index contributed by atoms with van der Waals surface area (Å²) in [6.45, 7) is 3.78. The lowest BCUT2D eigenvalue weighted by Crippen LogP contribution is -2.26. The van der Waals surface area contributed by atoms with E-state index in [1.807, 2.05) is 38.1 Å². The maximum absolute atomic E-state index is 12.5. The van der Waals surface area contributed by atoms with Gasteiger partial charge in [0.15, 0.2) is 0 Å². The summed E-state index contributed by atoms with van der Waals surface area (Å²) in [4.78, 5) is 0.283. The third-order valence-electron chi connectivity index (χ3n) is 4.65. The molecular weight excluding hydrogens is 334 g/mol. The van der Waals surface area contributed by atoms with Gasteiger partial charge in [0.1, 0.15) is 5.75 Å². The summed E-state index contributed by atoms with van der Waals surface area (Å²) in [5, 5.41) is 0. The third-order valence-corrected chi connectivity index (χ3v) is 6.20. The molecule has 1 N–H and O–H groups in total. The second-order valence-electron chi connectivity index (χ2n) is 6.75. The predicted octanol–water partition coefficient (Wildman–Crippen LogP) is 4.36. The molecule has 0 aromatic heterocycles. The van der Waals surface area contributed by atoms with Crippen molar-refractivity contribution < 1.29 is 13.2 Å². The summed E-state index contributed by atoms with van der Waals surface area (Å²) in [5.74, 6) is 0.851. The zero-order chi connectivity index (χ0) is 17.9. The topological polar surface area (TPSA) is 55.4 Å². The van der Waals surface area contributed by atoms with Crippen LogP contribution in [0, 0.1) is 6.92 Å². The van der Waals surface area contributed by atoms with Crippen molar-refractivity contribution in [1.29, 1.82) is 0 Å². The van der Waals surface area contributed by atoms with Gasteiger partial charge in [0.05, 0.1) is 11.0 Å². The van der Waals surface area contributed by atoms with Crippen molar-refractivity contribution in [1.82, 2.24) is 4.72 Å². The smallest absolute Gasteiger partial charge is 0.241 e. The highest BCUT2D eigenvalue weighted by atomic mass is 32.2. The van der Waals surface area contributed by atoms with Gasteiger partial charge in [0.25, 0.3) is 0 Å². The van der Waals surface area contributed by atoms with E-state index in [1.165, 1.54) is 12.8 Å². The van der Waals surface area contributed by atoms with Crippen molar-refractivity contribution in [2.75, 3.05) is 0 Å². The van der Waals surface area contributed by atoms with Crippen LogP contribution in [0.1, 0.15) is 49.8 Å². The lowest BCUT2D eigenvalue weighted by Gasteiger charge is -2.17. The summed E-state index contributed by atoms with van der Waals surface area (Å²) in [6.07, 6.45) is 5.03. The fraction of sp³-hybridized carbons (Fsp3) is 0.400. The van der Waals surface area contributed by atoms with Gasteiger partial charge in [-0.2, -0.15) is 0 Å². The summed E-state index contributed by atoms with van der Waals surface area (Å²) in [7, 11) is -3.53. The predicted molar refractivity (Wildman–Crippen MR) is 99.2 cm³/mol. The summed E-state index contributed by atoms with van der Waals surface area (Å²) in [5.41, 5.74) is 1.94. The molecule has 134 valence electrons. The van der Waals surface area contributed by atoms with Crippen LogP contribution in [0.4, 0.5) is 0 Å². The van der Waals surface area contributed by atoms with Gasteiger partial charge in [-0.1, -0.05) is 29.8 Å². The normalized spacial score (nSPS) is 16.7. The molecule has 0 heterocycles. The minimum Gasteiger partial charge on any atom is -0.490 e. The monoisotopic (exact) mass is 359 g/mol. The van der Waals surface area contributed by atoms with Crippen molar-refractivity contribution >= 4 is 10.0 Å². The highest BCUT2D eigenvalue weighted by Gasteiger charge is 2.19. The molecule has 1 fully saturated rings. The number of nitrogens with one attached hydrogen (secondary N) is 1. The van der Waals surface area contributed by atoms with Crippen molar-refractivity contribution in [3.8, 4) is 5.75 Å². The van der Waals surface area contributed by atoms with Crippen molar-refractivity contribution in [2.45, 2.75) is 56.6 Å². The van der Waals surface area contributed by atoms with Crippen LogP contribution < -0.4 is 9.46 Å². The number of benzene rings is 2. The van der Waals surface area contributed by atoms with Gasteiger partial charge in [0, 0.05) is 6.04 Å². The highest BCUT2D eigenvalue weighted by Crippen LogP contribution is 2.25. The second-order valence-corrected chi connectivity index (χ2v) is 8.46. The molecule has 1 aliphatic carbocycles.